The van der Waals surface area contributed by atoms with Gasteiger partial charge in [-0.25, -0.2) is 0 Å². The van der Waals surface area contributed by atoms with Crippen LogP contribution in [0, 0.1) is 10.8 Å². The number of likely N-dealkylation sites (N-methyl/N-ethyl adjacent to an activating group) is 1. The van der Waals surface area contributed by atoms with E-state index in [1.54, 1.807) is 20.2 Å². The first-order valence-corrected chi connectivity index (χ1v) is 14.4. The minimum Gasteiger partial charge on any atom is -0.504 e. The van der Waals surface area contributed by atoms with Gasteiger partial charge in [0.15, 0.2) is 11.5 Å². The topological polar surface area (TPSA) is 106 Å². The van der Waals surface area contributed by atoms with Crippen LogP contribution < -0.4 is 15.4 Å². The molecule has 8 heteroatoms. The quantitative estimate of drug-likeness (QED) is 0.237. The number of rotatable bonds is 14. The lowest BCUT2D eigenvalue weighted by molar-refractivity contribution is -0.194. The molecule has 3 N–H and O–H groups in total. The Morgan fingerprint density at radius 2 is 1.82 bits per heavy atom. The highest BCUT2D eigenvalue weighted by Crippen LogP contribution is 2.56. The van der Waals surface area contributed by atoms with E-state index in [1.807, 2.05) is 12.1 Å². The summed E-state index contributed by atoms with van der Waals surface area (Å²) in [5.74, 6) is -0.0187. The van der Waals surface area contributed by atoms with Gasteiger partial charge >= 0.3 is 11.9 Å². The highest BCUT2D eigenvalue weighted by Gasteiger charge is 2.58. The Morgan fingerprint density at radius 3 is 2.42 bits per heavy atom. The van der Waals surface area contributed by atoms with Gasteiger partial charge in [0.25, 0.3) is 0 Å². The summed E-state index contributed by atoms with van der Waals surface area (Å²) in [5.41, 5.74) is 0.227. The van der Waals surface area contributed by atoms with Gasteiger partial charge in [0, 0.05) is 17.8 Å². The molecule has 3 rings (SSSR count). The van der Waals surface area contributed by atoms with Crippen molar-refractivity contribution in [3.05, 3.63) is 23.8 Å². The van der Waals surface area contributed by atoms with E-state index in [-0.39, 0.29) is 35.8 Å². The zero-order valence-electron chi connectivity index (χ0n) is 23.8. The highest BCUT2D eigenvalue weighted by atomic mass is 16.6. The standard InChI is InChI=1S/C30H48N2O6/c1-5-6-7-10-26(37-22(2)33)30(13-8-9-14-30)28(38-27(35)21-31-3)29(15-17-32-18-16-29)20-23-11-12-24(34)25(19-23)36-4/h11-12,19,26,28,31-32,34H,5-10,13-18,20-21H2,1-4H3/t26-,28+/m1/s1. The summed E-state index contributed by atoms with van der Waals surface area (Å²) in [4.78, 5) is 25.6. The van der Waals surface area contributed by atoms with E-state index >= 15 is 0 Å². The summed E-state index contributed by atoms with van der Waals surface area (Å²) < 4.78 is 18.1. The summed E-state index contributed by atoms with van der Waals surface area (Å²) >= 11 is 0. The summed E-state index contributed by atoms with van der Waals surface area (Å²) in [6.07, 6.45) is 9.28. The van der Waals surface area contributed by atoms with Gasteiger partial charge in [-0.1, -0.05) is 38.7 Å². The summed E-state index contributed by atoms with van der Waals surface area (Å²) in [7, 11) is 3.30. The normalized spacial score (nSPS) is 19.9. The van der Waals surface area contributed by atoms with E-state index in [0.717, 1.165) is 82.9 Å². The Kier molecular flexibility index (Phi) is 11.3. The molecule has 1 heterocycles. The molecule has 0 unspecified atom stereocenters. The Hall–Kier alpha value is -2.32. The number of benzene rings is 1. The van der Waals surface area contributed by atoms with Crippen LogP contribution in [0.5, 0.6) is 11.5 Å². The fourth-order valence-corrected chi connectivity index (χ4v) is 6.89. The first-order valence-electron chi connectivity index (χ1n) is 14.4. The lowest BCUT2D eigenvalue weighted by Crippen LogP contribution is -2.59. The number of unbranched alkanes of at least 4 members (excludes halogenated alkanes) is 2. The lowest BCUT2D eigenvalue weighted by Gasteiger charge is -2.53. The molecule has 1 aromatic carbocycles. The number of phenols is 1. The maximum Gasteiger partial charge on any atom is 0.320 e. The Morgan fingerprint density at radius 1 is 1.11 bits per heavy atom. The number of methoxy groups -OCH3 is 1. The molecule has 214 valence electrons. The van der Waals surface area contributed by atoms with E-state index in [2.05, 4.69) is 17.6 Å². The number of aromatic hydroxyl groups is 1. The number of hydrogen-bond donors (Lipinski definition) is 3. The van der Waals surface area contributed by atoms with Crippen LogP contribution in [0.25, 0.3) is 0 Å². The predicted octanol–water partition coefficient (Wildman–Crippen LogP) is 4.52. The van der Waals surface area contributed by atoms with Crippen LogP contribution in [-0.4, -0.2) is 63.0 Å². The van der Waals surface area contributed by atoms with Crippen molar-refractivity contribution in [2.75, 3.05) is 33.8 Å². The molecule has 2 aliphatic rings. The molecule has 0 radical (unpaired) electrons. The minimum atomic E-state index is -0.443. The van der Waals surface area contributed by atoms with Crippen molar-refractivity contribution in [1.82, 2.24) is 10.6 Å². The third-order valence-electron chi connectivity index (χ3n) is 8.60. The molecule has 1 saturated carbocycles. The zero-order valence-corrected chi connectivity index (χ0v) is 23.8. The van der Waals surface area contributed by atoms with Gasteiger partial charge in [-0.15, -0.1) is 0 Å². The molecule has 2 atom stereocenters. The van der Waals surface area contributed by atoms with Gasteiger partial charge in [0.2, 0.25) is 0 Å². The van der Waals surface area contributed by atoms with Crippen molar-refractivity contribution in [2.45, 2.75) is 96.7 Å². The minimum absolute atomic E-state index is 0.103. The second kappa shape index (κ2) is 14.2. The summed E-state index contributed by atoms with van der Waals surface area (Å²) in [6.45, 7) is 5.42. The van der Waals surface area contributed by atoms with Crippen molar-refractivity contribution in [1.29, 1.82) is 0 Å². The summed E-state index contributed by atoms with van der Waals surface area (Å²) in [5, 5.41) is 16.6. The molecular weight excluding hydrogens is 484 g/mol. The summed E-state index contributed by atoms with van der Waals surface area (Å²) in [6, 6.07) is 5.49. The Bertz CT molecular complexity index is 908. The largest absolute Gasteiger partial charge is 0.504 e. The first-order chi connectivity index (χ1) is 18.3. The molecule has 0 bridgehead atoms. The predicted molar refractivity (Wildman–Crippen MR) is 147 cm³/mol. The van der Waals surface area contributed by atoms with E-state index in [0.29, 0.717) is 12.2 Å². The second-order valence-corrected chi connectivity index (χ2v) is 11.2. The molecule has 1 aliphatic heterocycles. The first kappa shape index (κ1) is 30.2. The third-order valence-corrected chi connectivity index (χ3v) is 8.60. The average molecular weight is 533 g/mol. The van der Waals surface area contributed by atoms with Crippen molar-refractivity contribution in [3.8, 4) is 11.5 Å². The van der Waals surface area contributed by atoms with Crippen LogP contribution in [0.1, 0.15) is 83.6 Å². The van der Waals surface area contributed by atoms with E-state index in [4.69, 9.17) is 14.2 Å². The SMILES string of the molecule is CCCCC[C@@H](OC(C)=O)C1([C@@H](OC(=O)CNC)C2(Cc3ccc(O)c(OC)c3)CCNCC2)CCCC1. The zero-order chi connectivity index (χ0) is 27.6. The maximum absolute atomic E-state index is 13.2. The fourth-order valence-electron chi connectivity index (χ4n) is 6.89. The number of nitrogens with one attached hydrogen (secondary N) is 2. The lowest BCUT2D eigenvalue weighted by atomic mass is 9.58. The van der Waals surface area contributed by atoms with Gasteiger partial charge in [0.1, 0.15) is 12.2 Å². The molecule has 0 aromatic heterocycles. The second-order valence-electron chi connectivity index (χ2n) is 11.2. The Balaban J connectivity index is 2.12. The molecule has 0 amide bonds. The maximum atomic E-state index is 13.2. The van der Waals surface area contributed by atoms with Crippen LogP contribution in [0.15, 0.2) is 18.2 Å². The van der Waals surface area contributed by atoms with Crippen LogP contribution in [-0.2, 0) is 25.5 Å². The number of ether oxygens (including phenoxy) is 3. The third kappa shape index (κ3) is 7.20. The molecule has 1 saturated heterocycles. The molecule has 8 nitrogen and oxygen atoms in total. The van der Waals surface area contributed by atoms with E-state index in [9.17, 15) is 14.7 Å². The molecule has 1 aromatic rings. The molecule has 1 aliphatic carbocycles. The van der Waals surface area contributed by atoms with Gasteiger partial charge in [-0.3, -0.25) is 9.59 Å². The monoisotopic (exact) mass is 532 g/mol. The molecule has 0 spiro atoms. The van der Waals surface area contributed by atoms with Crippen LogP contribution in [0.2, 0.25) is 0 Å². The van der Waals surface area contributed by atoms with E-state index < -0.39 is 11.5 Å². The van der Waals surface area contributed by atoms with Crippen molar-refractivity contribution < 1.29 is 28.9 Å². The van der Waals surface area contributed by atoms with Gasteiger partial charge in [-0.2, -0.15) is 0 Å². The van der Waals surface area contributed by atoms with Gasteiger partial charge in [0.05, 0.1) is 13.7 Å². The van der Waals surface area contributed by atoms with Crippen molar-refractivity contribution >= 4 is 11.9 Å². The van der Waals surface area contributed by atoms with Crippen LogP contribution in [0.4, 0.5) is 0 Å². The Labute approximate surface area is 228 Å². The number of hydrogen-bond acceptors (Lipinski definition) is 8. The van der Waals surface area contributed by atoms with Crippen molar-refractivity contribution in [2.24, 2.45) is 10.8 Å². The van der Waals surface area contributed by atoms with Crippen molar-refractivity contribution in [3.63, 3.8) is 0 Å². The van der Waals surface area contributed by atoms with E-state index in [1.165, 1.54) is 6.92 Å². The fraction of sp³-hybridized carbons (Fsp3) is 0.733. The number of phenolic OH excluding ortho intramolecular Hbond substituents is 1. The number of esters is 2. The van der Waals surface area contributed by atoms with Crippen LogP contribution >= 0.6 is 0 Å². The molecular formula is C30H48N2O6. The molecule has 2 fully saturated rings. The number of carbonyl (C=O) groups excluding carboxylic acids is 2. The number of piperidine rings is 1. The highest BCUT2D eigenvalue weighted by molar-refractivity contribution is 5.72. The van der Waals surface area contributed by atoms with Crippen LogP contribution in [0.3, 0.4) is 0 Å². The average Bonchev–Trinajstić information content (AvgIpc) is 3.39. The smallest absolute Gasteiger partial charge is 0.320 e. The number of carbonyl (C=O) groups is 2. The van der Waals surface area contributed by atoms with Gasteiger partial charge in [-0.05, 0) is 82.8 Å². The van der Waals surface area contributed by atoms with Gasteiger partial charge < -0.3 is 30.0 Å². The molecule has 38 heavy (non-hydrogen) atoms.